The maximum absolute atomic E-state index is 12.8. The third-order valence-corrected chi connectivity index (χ3v) is 5.31. The second-order valence-electron chi connectivity index (χ2n) is 6.86. The summed E-state index contributed by atoms with van der Waals surface area (Å²) in [6.45, 7) is 5.92. The topological polar surface area (TPSA) is 56.2 Å². The van der Waals surface area contributed by atoms with E-state index < -0.39 is 0 Å². The second-order valence-corrected chi connectivity index (χ2v) is 6.86. The first kappa shape index (κ1) is 18.2. The van der Waals surface area contributed by atoms with Crippen LogP contribution in [-0.4, -0.2) is 85.2 Å². The molecule has 2 aliphatic heterocycles. The van der Waals surface area contributed by atoms with E-state index in [1.54, 1.807) is 7.11 Å². The summed E-state index contributed by atoms with van der Waals surface area (Å²) in [5.41, 5.74) is 1.19. The largest absolute Gasteiger partial charge is 0.497 e. The molecule has 0 bridgehead atoms. The van der Waals surface area contributed by atoms with E-state index in [4.69, 9.17) is 9.84 Å². The van der Waals surface area contributed by atoms with Gasteiger partial charge in [-0.05, 0) is 30.5 Å². The van der Waals surface area contributed by atoms with Gasteiger partial charge < -0.3 is 14.7 Å². The summed E-state index contributed by atoms with van der Waals surface area (Å²) >= 11 is 0. The molecule has 3 rings (SSSR count). The Hall–Kier alpha value is -1.63. The number of aliphatic hydroxyl groups excluding tert-OH is 1. The highest BCUT2D eigenvalue weighted by atomic mass is 16.5. The molecule has 1 N–H and O–H groups in total. The van der Waals surface area contributed by atoms with Crippen molar-refractivity contribution in [2.75, 3.05) is 59.5 Å². The molecule has 2 aliphatic rings. The molecule has 0 saturated carbocycles. The first-order valence-corrected chi connectivity index (χ1v) is 9.20. The van der Waals surface area contributed by atoms with E-state index in [2.05, 4.69) is 21.9 Å². The summed E-state index contributed by atoms with van der Waals surface area (Å²) in [6, 6.07) is 8.27. The Morgan fingerprint density at radius 2 is 1.80 bits per heavy atom. The summed E-state index contributed by atoms with van der Waals surface area (Å²) in [5.74, 6) is 1.08. The summed E-state index contributed by atoms with van der Waals surface area (Å²) in [6.07, 6.45) is 2.09. The molecule has 138 valence electrons. The molecule has 6 heteroatoms. The highest BCUT2D eigenvalue weighted by Crippen LogP contribution is 2.32. The van der Waals surface area contributed by atoms with Crippen molar-refractivity contribution < 1.29 is 14.6 Å². The van der Waals surface area contributed by atoms with Crippen LogP contribution in [0.5, 0.6) is 5.75 Å². The Kier molecular flexibility index (Phi) is 6.29. The molecular weight excluding hydrogens is 318 g/mol. The fourth-order valence-corrected chi connectivity index (χ4v) is 3.83. The van der Waals surface area contributed by atoms with Crippen molar-refractivity contribution in [3.05, 3.63) is 29.8 Å². The SMILES string of the molecule is COc1ccc([C@@H]2CCCN2C(=O)CN2CCN(CCO)CC2)cc1. The standard InChI is InChI=1S/C19H29N3O3/c1-25-17-6-4-16(5-7-17)18-3-2-8-22(18)19(24)15-21-11-9-20(10-12-21)13-14-23/h4-7,18,23H,2-3,8-15H2,1H3/t18-/m0/s1. The molecule has 1 aromatic carbocycles. The number of methoxy groups -OCH3 is 1. The van der Waals surface area contributed by atoms with Crippen LogP contribution < -0.4 is 4.74 Å². The van der Waals surface area contributed by atoms with Gasteiger partial charge in [-0.1, -0.05) is 12.1 Å². The van der Waals surface area contributed by atoms with Crippen LogP contribution in [0.4, 0.5) is 0 Å². The maximum atomic E-state index is 12.8. The lowest BCUT2D eigenvalue weighted by atomic mass is 10.0. The fraction of sp³-hybridized carbons (Fsp3) is 0.632. The van der Waals surface area contributed by atoms with Gasteiger partial charge in [0.2, 0.25) is 5.91 Å². The van der Waals surface area contributed by atoms with Gasteiger partial charge in [-0.3, -0.25) is 14.6 Å². The Balaban J connectivity index is 1.55. The van der Waals surface area contributed by atoms with Crippen molar-refractivity contribution in [3.63, 3.8) is 0 Å². The Morgan fingerprint density at radius 1 is 1.12 bits per heavy atom. The smallest absolute Gasteiger partial charge is 0.237 e. The van der Waals surface area contributed by atoms with Gasteiger partial charge in [0.1, 0.15) is 5.75 Å². The van der Waals surface area contributed by atoms with E-state index in [0.29, 0.717) is 6.54 Å². The van der Waals surface area contributed by atoms with Crippen molar-refractivity contribution in [1.29, 1.82) is 0 Å². The number of carbonyl (C=O) groups excluding carboxylic acids is 1. The minimum Gasteiger partial charge on any atom is -0.497 e. The van der Waals surface area contributed by atoms with E-state index in [9.17, 15) is 4.79 Å². The molecule has 25 heavy (non-hydrogen) atoms. The molecule has 1 aromatic rings. The molecule has 0 unspecified atom stereocenters. The Labute approximate surface area is 150 Å². The van der Waals surface area contributed by atoms with Crippen molar-refractivity contribution in [2.45, 2.75) is 18.9 Å². The van der Waals surface area contributed by atoms with Crippen molar-refractivity contribution in [2.24, 2.45) is 0 Å². The monoisotopic (exact) mass is 347 g/mol. The van der Waals surface area contributed by atoms with Crippen LogP contribution >= 0.6 is 0 Å². The van der Waals surface area contributed by atoms with Crippen LogP contribution in [0.25, 0.3) is 0 Å². The molecule has 6 nitrogen and oxygen atoms in total. The van der Waals surface area contributed by atoms with E-state index in [1.807, 2.05) is 17.0 Å². The molecule has 0 aliphatic carbocycles. The molecule has 1 atom stereocenters. The lowest BCUT2D eigenvalue weighted by molar-refractivity contribution is -0.133. The number of likely N-dealkylation sites (tertiary alicyclic amines) is 1. The van der Waals surface area contributed by atoms with Gasteiger partial charge in [0, 0.05) is 39.3 Å². The molecule has 0 spiro atoms. The van der Waals surface area contributed by atoms with Crippen molar-refractivity contribution in [1.82, 2.24) is 14.7 Å². The number of carbonyl (C=O) groups is 1. The van der Waals surface area contributed by atoms with Crippen LogP contribution in [0, 0.1) is 0 Å². The van der Waals surface area contributed by atoms with Gasteiger partial charge in [-0.2, -0.15) is 0 Å². The molecule has 0 aromatic heterocycles. The molecule has 0 radical (unpaired) electrons. The zero-order valence-corrected chi connectivity index (χ0v) is 15.1. The van der Waals surface area contributed by atoms with Gasteiger partial charge in [-0.25, -0.2) is 0 Å². The van der Waals surface area contributed by atoms with Crippen LogP contribution in [0.1, 0.15) is 24.4 Å². The quantitative estimate of drug-likeness (QED) is 0.831. The fourth-order valence-electron chi connectivity index (χ4n) is 3.83. The van der Waals surface area contributed by atoms with Crippen molar-refractivity contribution >= 4 is 5.91 Å². The third kappa shape index (κ3) is 4.51. The predicted molar refractivity (Wildman–Crippen MR) is 96.6 cm³/mol. The Morgan fingerprint density at radius 3 is 2.44 bits per heavy atom. The molecule has 2 fully saturated rings. The van der Waals surface area contributed by atoms with Crippen molar-refractivity contribution in [3.8, 4) is 5.75 Å². The normalized spacial score (nSPS) is 22.3. The predicted octanol–water partition coefficient (Wildman–Crippen LogP) is 0.969. The number of nitrogens with zero attached hydrogens (tertiary/aromatic N) is 3. The number of piperazine rings is 1. The summed E-state index contributed by atoms with van der Waals surface area (Å²) in [7, 11) is 1.67. The summed E-state index contributed by atoms with van der Waals surface area (Å²) in [4.78, 5) is 19.4. The van der Waals surface area contributed by atoms with E-state index in [1.165, 1.54) is 5.56 Å². The van der Waals surface area contributed by atoms with E-state index >= 15 is 0 Å². The second kappa shape index (κ2) is 8.65. The maximum Gasteiger partial charge on any atom is 0.237 e. The highest BCUT2D eigenvalue weighted by molar-refractivity contribution is 5.79. The van der Waals surface area contributed by atoms with Crippen LogP contribution in [0.15, 0.2) is 24.3 Å². The van der Waals surface area contributed by atoms with Crippen LogP contribution in [-0.2, 0) is 4.79 Å². The first-order chi connectivity index (χ1) is 12.2. The number of β-amino-alcohol motifs (C(OH)–C–C–N with tert-alkyl or cyclic N) is 1. The minimum atomic E-state index is 0.189. The minimum absolute atomic E-state index is 0.189. The number of aliphatic hydroxyl groups is 1. The zero-order valence-electron chi connectivity index (χ0n) is 15.1. The first-order valence-electron chi connectivity index (χ1n) is 9.20. The lowest BCUT2D eigenvalue weighted by Crippen LogP contribution is -2.50. The number of amides is 1. The summed E-state index contributed by atoms with van der Waals surface area (Å²) in [5, 5.41) is 9.02. The van der Waals surface area contributed by atoms with Gasteiger partial charge in [0.05, 0.1) is 26.3 Å². The average molecular weight is 347 g/mol. The van der Waals surface area contributed by atoms with Gasteiger partial charge in [0.15, 0.2) is 0 Å². The summed E-state index contributed by atoms with van der Waals surface area (Å²) < 4.78 is 5.23. The molecule has 2 saturated heterocycles. The van der Waals surface area contributed by atoms with Gasteiger partial charge in [0.25, 0.3) is 0 Å². The number of ether oxygens (including phenoxy) is 1. The van der Waals surface area contributed by atoms with E-state index in [-0.39, 0.29) is 18.6 Å². The third-order valence-electron chi connectivity index (χ3n) is 5.31. The zero-order chi connectivity index (χ0) is 17.6. The highest BCUT2D eigenvalue weighted by Gasteiger charge is 2.31. The number of rotatable bonds is 6. The Bertz CT molecular complexity index is 556. The lowest BCUT2D eigenvalue weighted by Gasteiger charge is -2.35. The van der Waals surface area contributed by atoms with Gasteiger partial charge >= 0.3 is 0 Å². The van der Waals surface area contributed by atoms with Crippen LogP contribution in [0.3, 0.4) is 0 Å². The van der Waals surface area contributed by atoms with Crippen LogP contribution in [0.2, 0.25) is 0 Å². The number of hydrogen-bond acceptors (Lipinski definition) is 5. The van der Waals surface area contributed by atoms with E-state index in [0.717, 1.165) is 57.9 Å². The van der Waals surface area contributed by atoms with Gasteiger partial charge in [-0.15, -0.1) is 0 Å². The number of benzene rings is 1. The molecular formula is C19H29N3O3. The number of hydrogen-bond donors (Lipinski definition) is 1. The average Bonchev–Trinajstić information content (AvgIpc) is 3.13. The molecule has 2 heterocycles. The molecule has 1 amide bonds.